The molecule has 0 aliphatic rings. The Morgan fingerprint density at radius 1 is 0.800 bits per heavy atom. The van der Waals surface area contributed by atoms with Crippen molar-refractivity contribution in [3.05, 3.63) is 66.5 Å². The van der Waals surface area contributed by atoms with E-state index >= 15 is 0 Å². The van der Waals surface area contributed by atoms with Crippen LogP contribution in [0.4, 0.5) is 30.7 Å². The molecule has 230 valence electrons. The Balaban J connectivity index is 0. The summed E-state index contributed by atoms with van der Waals surface area (Å²) in [6.07, 6.45) is -8.67. The van der Waals surface area contributed by atoms with Crippen molar-refractivity contribution in [2.24, 2.45) is 0 Å². The number of rotatable bonds is 4. The van der Waals surface area contributed by atoms with Crippen LogP contribution in [-0.4, -0.2) is 48.3 Å². The molecule has 2 aromatic carbocycles. The van der Waals surface area contributed by atoms with Gasteiger partial charge >= 0.3 is 12.4 Å². The Labute approximate surface area is 263 Å². The Kier molecular flexibility index (Phi) is 16.7. The highest BCUT2D eigenvalue weighted by molar-refractivity contribution is 9.10. The van der Waals surface area contributed by atoms with E-state index in [4.69, 9.17) is 24.6 Å². The molecule has 0 radical (unpaired) electrons. The molecule has 0 spiro atoms. The van der Waals surface area contributed by atoms with Crippen molar-refractivity contribution in [3.8, 4) is 0 Å². The van der Waals surface area contributed by atoms with Gasteiger partial charge in [0.2, 0.25) is 5.60 Å². The van der Waals surface area contributed by atoms with Crippen molar-refractivity contribution < 1.29 is 44.7 Å². The van der Waals surface area contributed by atoms with E-state index in [1.165, 1.54) is 18.2 Å². The topological polar surface area (TPSA) is 43.4 Å². The molecule has 2 aromatic rings. The molecule has 0 aliphatic carbocycles. The summed E-state index contributed by atoms with van der Waals surface area (Å²) in [7, 11) is -5.32. The summed E-state index contributed by atoms with van der Waals surface area (Å²) in [6.45, 7) is 2.89. The Morgan fingerprint density at radius 3 is 1.40 bits per heavy atom. The number of benzene rings is 2. The van der Waals surface area contributed by atoms with Gasteiger partial charge in [-0.1, -0.05) is 55.1 Å². The molecule has 0 heterocycles. The smallest absolute Gasteiger partial charge is 0.255 e. The molecule has 2 rings (SSSR count). The molecule has 1 unspecified atom stereocenters. The second kappa shape index (κ2) is 16.7. The zero-order valence-electron chi connectivity index (χ0n) is 23.5. The lowest BCUT2D eigenvalue weighted by atomic mass is 9.84. The van der Waals surface area contributed by atoms with E-state index < -0.39 is 46.2 Å². The molecule has 0 aromatic heterocycles. The van der Waals surface area contributed by atoms with Crippen LogP contribution in [0.2, 0.25) is 27.4 Å². The van der Waals surface area contributed by atoms with E-state index in [0.717, 1.165) is 26.0 Å². The van der Waals surface area contributed by atoms with Gasteiger partial charge in [-0.05, 0) is 68.3 Å². The van der Waals surface area contributed by atoms with Crippen LogP contribution in [0.5, 0.6) is 0 Å². The van der Waals surface area contributed by atoms with Gasteiger partial charge < -0.3 is 0 Å². The van der Waals surface area contributed by atoms with Crippen LogP contribution < -0.4 is 0 Å². The van der Waals surface area contributed by atoms with Crippen LogP contribution in [0.25, 0.3) is 0 Å². The second-order valence-electron chi connectivity index (χ2n) is 9.49. The lowest BCUT2D eigenvalue weighted by Crippen LogP contribution is -2.43. The fourth-order valence-corrected chi connectivity index (χ4v) is 4.99. The van der Waals surface area contributed by atoms with E-state index in [9.17, 15) is 39.2 Å². The zero-order valence-corrected chi connectivity index (χ0v) is 29.2. The quantitative estimate of drug-likeness (QED) is 0.176. The molecule has 3 nitrogen and oxygen atoms in total. The fraction of sp³-hybridized carbons (Fsp3) is 0.500. The van der Waals surface area contributed by atoms with Crippen LogP contribution in [0, 0.1) is 0 Å². The van der Waals surface area contributed by atoms with Gasteiger partial charge in [0.25, 0.3) is 24.3 Å². The molecule has 0 saturated carbocycles. The van der Waals surface area contributed by atoms with Crippen molar-refractivity contribution in [2.45, 2.75) is 61.5 Å². The first-order valence-corrected chi connectivity index (χ1v) is 18.6. The third kappa shape index (κ3) is 14.4. The molecule has 1 atom stereocenters. The van der Waals surface area contributed by atoms with Gasteiger partial charge in [-0.25, -0.2) is 4.18 Å². The van der Waals surface area contributed by atoms with Crippen molar-refractivity contribution >= 4 is 79.3 Å². The van der Waals surface area contributed by atoms with E-state index in [2.05, 4.69) is 53.4 Å². The summed E-state index contributed by atoms with van der Waals surface area (Å²) in [5, 5.41) is 0.314. The van der Waals surface area contributed by atoms with Gasteiger partial charge in [-0.2, -0.15) is 34.8 Å². The first kappa shape index (κ1) is 39.9. The monoisotopic (exact) mass is 787 g/mol. The van der Waals surface area contributed by atoms with Crippen molar-refractivity contribution in [2.75, 3.05) is 13.4 Å². The molecule has 0 saturated heterocycles. The second-order valence-corrected chi connectivity index (χ2v) is 17.2. The minimum atomic E-state index is -4.93. The van der Waals surface area contributed by atoms with E-state index in [0.29, 0.717) is 17.7 Å². The first-order chi connectivity index (χ1) is 18.1. The lowest BCUT2D eigenvalue weighted by Gasteiger charge is -2.31. The van der Waals surface area contributed by atoms with Gasteiger partial charge in [-0.3, -0.25) is 4.39 Å². The highest BCUT2D eigenvalue weighted by Crippen LogP contribution is 2.44. The average molecular weight is 790 g/mol. The maximum atomic E-state index is 13.1. The number of halogens is 11. The Bertz CT molecular complexity index is 1180. The molecule has 0 aliphatic heterocycles. The molecule has 0 fully saturated rings. The number of hydrogen-bond acceptors (Lipinski definition) is 3. The van der Waals surface area contributed by atoms with Crippen LogP contribution in [0.15, 0.2) is 45.3 Å². The molecular formula is C24H30AlBr2Cl2F7O3S. The largest absolute Gasteiger partial charge is 0.422 e. The average Bonchev–Trinajstić information content (AvgIpc) is 2.70. The third-order valence-corrected chi connectivity index (χ3v) is 6.55. The van der Waals surface area contributed by atoms with Crippen molar-refractivity contribution in [1.29, 1.82) is 0 Å². The van der Waals surface area contributed by atoms with Gasteiger partial charge in [0.05, 0.1) is 20.2 Å². The van der Waals surface area contributed by atoms with E-state index in [-0.39, 0.29) is 34.2 Å². The Hall–Kier alpha value is -0.0675. The van der Waals surface area contributed by atoms with Gasteiger partial charge in [-0.15, -0.1) is 17.4 Å². The number of alkyl halides is 7. The van der Waals surface area contributed by atoms with Crippen LogP contribution >= 0.6 is 55.1 Å². The lowest BCUT2D eigenvalue weighted by molar-refractivity contribution is -0.246. The summed E-state index contributed by atoms with van der Waals surface area (Å²) in [5.41, 5.74) is -5.17. The van der Waals surface area contributed by atoms with Gasteiger partial charge in [0, 0.05) is 19.0 Å². The highest BCUT2D eigenvalue weighted by atomic mass is 79.9. The molecule has 0 bridgehead atoms. The summed E-state index contributed by atoms with van der Waals surface area (Å²) >= 11 is 17.4. The predicted molar refractivity (Wildman–Crippen MR) is 157 cm³/mol. The van der Waals surface area contributed by atoms with Gasteiger partial charge in [0.1, 0.15) is 0 Å². The third-order valence-electron chi connectivity index (χ3n) is 4.57. The standard InChI is InChI=1S/C10H9BrClF3O3S.C10H9BrClF3.CH3F.3CH3.Al/c1-9(10(13,14)15,18-19(2,16)17)6-3-7(11)5-8(12)4-6;1-9(2,10(13,14)15)6-3-7(11)5-8(12)4-6;1-2;;;;/h3-5H,1-2H3;3-5H,1-2H3;1H3;3*1H3;/i;;1D;;;;. The van der Waals surface area contributed by atoms with Crippen molar-refractivity contribution in [1.82, 2.24) is 0 Å². The highest BCUT2D eigenvalue weighted by Gasteiger charge is 2.56. The number of hydrogen-bond donors (Lipinski definition) is 0. The maximum Gasteiger partial charge on any atom is 0.422 e. The van der Waals surface area contributed by atoms with Crippen LogP contribution in [0.1, 0.15) is 33.3 Å². The maximum absolute atomic E-state index is 13.1. The normalized spacial score (nSPS) is 13.7. The van der Waals surface area contributed by atoms with Crippen LogP contribution in [-0.2, 0) is 25.3 Å². The van der Waals surface area contributed by atoms with Crippen molar-refractivity contribution in [3.63, 3.8) is 0 Å². The Morgan fingerprint density at radius 2 is 1.12 bits per heavy atom. The predicted octanol–water partition coefficient (Wildman–Crippen LogP) is 10.8. The molecule has 40 heavy (non-hydrogen) atoms. The van der Waals surface area contributed by atoms with Gasteiger partial charge in [0.15, 0.2) is 0 Å². The first-order valence-electron chi connectivity index (χ1n) is 11.7. The van der Waals surface area contributed by atoms with Crippen LogP contribution in [0.3, 0.4) is 0 Å². The summed E-state index contributed by atoms with van der Waals surface area (Å²) < 4.78 is 120. The molecule has 0 amide bonds. The molecular weight excluding hydrogens is 759 g/mol. The van der Waals surface area contributed by atoms with E-state index in [1.807, 2.05) is 0 Å². The zero-order chi connectivity index (χ0) is 33.2. The summed E-state index contributed by atoms with van der Waals surface area (Å²) in [4.78, 5) is 0. The fourth-order valence-electron chi connectivity index (χ4n) is 2.47. The molecule has 0 N–H and O–H groups in total. The summed E-state index contributed by atoms with van der Waals surface area (Å²) in [6, 6.07) is 7.80. The minimum Gasteiger partial charge on any atom is -0.255 e. The minimum absolute atomic E-state index is 0.0250. The SMILES string of the molecule is CC(C)(c1cc(Cl)cc(Br)c1)C(F)(F)F.CC(OS(C)(=O)=O)(c1cc(Cl)cc(Br)c1)C(F)(F)F.[2H]CF.[CH3][Al]([CH3])[CH3]. The summed E-state index contributed by atoms with van der Waals surface area (Å²) in [5.74, 6) is 6.92. The molecule has 16 heteroatoms. The van der Waals surface area contributed by atoms with E-state index in [1.54, 1.807) is 6.07 Å².